The maximum atomic E-state index is 13.5. The molecule has 35 heavy (non-hydrogen) atoms. The van der Waals surface area contributed by atoms with Gasteiger partial charge in [0.15, 0.2) is 0 Å². The van der Waals surface area contributed by atoms with E-state index in [0.717, 1.165) is 11.1 Å². The molecular formula is C26H28N2O6S. The smallest absolute Gasteiger partial charge is 0.304 e. The van der Waals surface area contributed by atoms with Gasteiger partial charge in [-0.25, -0.2) is 8.42 Å². The van der Waals surface area contributed by atoms with E-state index in [-0.39, 0.29) is 36.1 Å². The van der Waals surface area contributed by atoms with Crippen LogP contribution in [0.25, 0.3) is 0 Å². The van der Waals surface area contributed by atoms with Gasteiger partial charge >= 0.3 is 5.97 Å². The van der Waals surface area contributed by atoms with Crippen LogP contribution in [0.3, 0.4) is 0 Å². The molecule has 1 N–H and O–H groups in total. The largest absolute Gasteiger partial charge is 0.488 e. The van der Waals surface area contributed by atoms with Crippen molar-refractivity contribution in [2.75, 3.05) is 6.54 Å². The van der Waals surface area contributed by atoms with E-state index in [0.29, 0.717) is 17.0 Å². The molecule has 2 atom stereocenters. The van der Waals surface area contributed by atoms with Gasteiger partial charge in [0.25, 0.3) is 0 Å². The van der Waals surface area contributed by atoms with Crippen LogP contribution in [0.5, 0.6) is 5.75 Å². The van der Waals surface area contributed by atoms with Crippen molar-refractivity contribution in [3.8, 4) is 5.75 Å². The summed E-state index contributed by atoms with van der Waals surface area (Å²) in [5.74, 6) is -1.24. The lowest BCUT2D eigenvalue weighted by Crippen LogP contribution is -2.35. The number of para-hydroxylation sites is 1. The molecule has 1 aliphatic rings. The Bertz CT molecular complexity index is 1430. The number of aliphatic carboxylic acids is 1. The number of carbonyl (C=O) groups is 1. The Morgan fingerprint density at radius 1 is 1.14 bits per heavy atom. The van der Waals surface area contributed by atoms with Crippen LogP contribution in [0, 0.1) is 6.92 Å². The molecule has 0 aliphatic carbocycles. The Morgan fingerprint density at radius 3 is 2.63 bits per heavy atom. The van der Waals surface area contributed by atoms with Gasteiger partial charge in [0, 0.05) is 31.3 Å². The molecule has 8 nitrogen and oxygen atoms in total. The van der Waals surface area contributed by atoms with Gasteiger partial charge in [-0.1, -0.05) is 36.4 Å². The Labute approximate surface area is 204 Å². The van der Waals surface area contributed by atoms with E-state index in [9.17, 15) is 23.1 Å². The number of carboxylic acid groups (broad SMARTS) is 1. The lowest BCUT2D eigenvalue weighted by Gasteiger charge is -2.24. The maximum absolute atomic E-state index is 13.5. The Balaban J connectivity index is 1.76. The molecule has 2 unspecified atom stereocenters. The average Bonchev–Trinajstić information content (AvgIpc) is 2.89. The van der Waals surface area contributed by atoms with E-state index in [1.807, 2.05) is 32.0 Å². The molecule has 0 saturated carbocycles. The van der Waals surface area contributed by atoms with Gasteiger partial charge < -0.3 is 14.4 Å². The fraction of sp³-hybridized carbons (Fsp3) is 0.308. The topological polar surface area (TPSA) is 106 Å². The second-order valence-electron chi connectivity index (χ2n) is 8.86. The van der Waals surface area contributed by atoms with E-state index in [1.165, 1.54) is 21.0 Å². The van der Waals surface area contributed by atoms with E-state index in [1.54, 1.807) is 37.4 Å². The molecule has 0 radical (unpaired) electrons. The Hall–Kier alpha value is -3.43. The predicted molar refractivity (Wildman–Crippen MR) is 131 cm³/mol. The zero-order valence-corrected chi connectivity index (χ0v) is 20.7. The molecule has 0 spiro atoms. The van der Waals surface area contributed by atoms with E-state index in [4.69, 9.17) is 4.74 Å². The summed E-state index contributed by atoms with van der Waals surface area (Å²) in [6.07, 6.45) is -0.560. The number of benzene rings is 2. The minimum absolute atomic E-state index is 0.109. The number of ether oxygens (including phenoxy) is 1. The first-order valence-corrected chi connectivity index (χ1v) is 12.7. The first kappa shape index (κ1) is 24.7. The third-order valence-electron chi connectivity index (χ3n) is 6.34. The molecule has 0 amide bonds. The van der Waals surface area contributed by atoms with Crippen molar-refractivity contribution in [1.82, 2.24) is 8.87 Å². The predicted octanol–water partition coefficient (Wildman–Crippen LogP) is 3.27. The quantitative estimate of drug-likeness (QED) is 0.562. The van der Waals surface area contributed by atoms with Gasteiger partial charge in [-0.2, -0.15) is 4.31 Å². The van der Waals surface area contributed by atoms with Gasteiger partial charge in [0.05, 0.1) is 13.0 Å². The number of carboxylic acids is 1. The van der Waals surface area contributed by atoms with Gasteiger partial charge in [-0.3, -0.25) is 9.59 Å². The SMILES string of the molecule is Cc1ccc(C(CC(=O)O)c2cccc(=O)n2C)cc1CN1CC(C)Oc2ccccc2S1(=O)=O. The van der Waals surface area contributed by atoms with E-state index in [2.05, 4.69) is 0 Å². The van der Waals surface area contributed by atoms with Gasteiger partial charge in [0.2, 0.25) is 15.6 Å². The van der Waals surface area contributed by atoms with Crippen molar-refractivity contribution in [2.45, 2.75) is 43.7 Å². The lowest BCUT2D eigenvalue weighted by atomic mass is 9.89. The molecule has 2 aromatic carbocycles. The molecule has 4 rings (SSSR count). The molecule has 0 fully saturated rings. The number of rotatable bonds is 6. The van der Waals surface area contributed by atoms with Crippen molar-refractivity contribution in [1.29, 1.82) is 0 Å². The monoisotopic (exact) mass is 496 g/mol. The summed E-state index contributed by atoms with van der Waals surface area (Å²) in [4.78, 5) is 24.0. The van der Waals surface area contributed by atoms with Crippen molar-refractivity contribution < 1.29 is 23.1 Å². The average molecular weight is 497 g/mol. The number of hydrogen-bond donors (Lipinski definition) is 1. The van der Waals surface area contributed by atoms with Crippen LogP contribution in [0.1, 0.15) is 41.6 Å². The molecule has 9 heteroatoms. The third-order valence-corrected chi connectivity index (χ3v) is 8.19. The number of hydrogen-bond acceptors (Lipinski definition) is 5. The molecular weight excluding hydrogens is 468 g/mol. The molecule has 1 aromatic heterocycles. The fourth-order valence-electron chi connectivity index (χ4n) is 4.45. The second-order valence-corrected chi connectivity index (χ2v) is 10.8. The third kappa shape index (κ3) is 5.01. The van der Waals surface area contributed by atoms with Crippen LogP contribution in [0.15, 0.2) is 70.4 Å². The standard InChI is InChI=1S/C26H28N2O6S/c1-17-11-12-19(21(14-26(30)31)22-7-6-10-25(29)27(22)3)13-20(17)16-28-15-18(2)34-23-8-4-5-9-24(23)35(28,32)33/h4-13,18,21H,14-16H2,1-3H3,(H,30,31). The molecule has 1 aliphatic heterocycles. The van der Waals surface area contributed by atoms with Crippen molar-refractivity contribution >= 4 is 16.0 Å². The highest BCUT2D eigenvalue weighted by molar-refractivity contribution is 7.89. The highest BCUT2D eigenvalue weighted by Gasteiger charge is 2.33. The summed E-state index contributed by atoms with van der Waals surface area (Å²) in [7, 11) is -2.20. The maximum Gasteiger partial charge on any atom is 0.304 e. The number of fused-ring (bicyclic) bond motifs is 1. The fourth-order valence-corrected chi connectivity index (χ4v) is 6.07. The number of aryl methyl sites for hydroxylation is 1. The first-order valence-electron chi connectivity index (χ1n) is 11.3. The van der Waals surface area contributed by atoms with Gasteiger partial charge in [0.1, 0.15) is 16.7 Å². The number of sulfonamides is 1. The molecule has 184 valence electrons. The van der Waals surface area contributed by atoms with Gasteiger partial charge in [-0.05, 0) is 48.7 Å². The molecule has 2 heterocycles. The summed E-state index contributed by atoms with van der Waals surface area (Å²) in [6.45, 7) is 4.00. The van der Waals surface area contributed by atoms with Crippen LogP contribution < -0.4 is 10.3 Å². The Kier molecular flexibility index (Phi) is 6.82. The normalized spacial score (nSPS) is 18.2. The second kappa shape index (κ2) is 9.67. The molecule has 3 aromatic rings. The van der Waals surface area contributed by atoms with Crippen molar-refractivity contribution in [3.63, 3.8) is 0 Å². The number of pyridine rings is 1. The van der Waals surface area contributed by atoms with E-state index < -0.39 is 21.9 Å². The van der Waals surface area contributed by atoms with Crippen LogP contribution in [-0.4, -0.2) is 41.0 Å². The zero-order chi connectivity index (χ0) is 25.3. The summed E-state index contributed by atoms with van der Waals surface area (Å²) >= 11 is 0. The van der Waals surface area contributed by atoms with E-state index >= 15 is 0 Å². The summed E-state index contributed by atoms with van der Waals surface area (Å²) in [5.41, 5.74) is 2.69. The van der Waals surface area contributed by atoms with Crippen LogP contribution >= 0.6 is 0 Å². The highest BCUT2D eigenvalue weighted by atomic mass is 32.2. The van der Waals surface area contributed by atoms with Crippen LogP contribution in [-0.2, 0) is 28.4 Å². The number of nitrogens with zero attached hydrogens (tertiary/aromatic N) is 2. The summed E-state index contributed by atoms with van der Waals surface area (Å²) in [6, 6.07) is 16.9. The Morgan fingerprint density at radius 2 is 1.89 bits per heavy atom. The van der Waals surface area contributed by atoms with Crippen molar-refractivity contribution in [2.24, 2.45) is 7.05 Å². The summed E-state index contributed by atoms with van der Waals surface area (Å²) < 4.78 is 35.7. The molecule has 0 saturated heterocycles. The van der Waals surface area contributed by atoms with Crippen LogP contribution in [0.4, 0.5) is 0 Å². The van der Waals surface area contributed by atoms with Crippen molar-refractivity contribution in [3.05, 3.63) is 93.4 Å². The zero-order valence-electron chi connectivity index (χ0n) is 19.8. The minimum atomic E-state index is -3.81. The highest BCUT2D eigenvalue weighted by Crippen LogP contribution is 2.33. The molecule has 0 bridgehead atoms. The summed E-state index contributed by atoms with van der Waals surface area (Å²) in [5, 5.41) is 9.58. The first-order chi connectivity index (χ1) is 16.6. The van der Waals surface area contributed by atoms with Gasteiger partial charge in [-0.15, -0.1) is 0 Å². The number of aromatic nitrogens is 1. The van der Waals surface area contributed by atoms with Crippen LogP contribution in [0.2, 0.25) is 0 Å². The lowest BCUT2D eigenvalue weighted by molar-refractivity contribution is -0.137. The minimum Gasteiger partial charge on any atom is -0.488 e.